The number of rotatable bonds is 1. The zero-order valence-corrected chi connectivity index (χ0v) is 23.0. The summed E-state index contributed by atoms with van der Waals surface area (Å²) < 4.78 is 6.03. The molecule has 2 nitrogen and oxygen atoms in total. The van der Waals surface area contributed by atoms with E-state index in [-0.39, 0.29) is 16.9 Å². The van der Waals surface area contributed by atoms with Gasteiger partial charge in [0.05, 0.1) is 12.2 Å². The Hall–Kier alpha value is -0.340. The van der Waals surface area contributed by atoms with Gasteiger partial charge in [-0.1, -0.05) is 60.1 Å². The number of methoxy groups -OCH3 is 1. The van der Waals surface area contributed by atoms with E-state index in [2.05, 4.69) is 54.5 Å². The van der Waals surface area contributed by atoms with Gasteiger partial charge < -0.3 is 9.84 Å². The van der Waals surface area contributed by atoms with E-state index in [4.69, 9.17) is 4.74 Å². The van der Waals surface area contributed by atoms with Gasteiger partial charge in [-0.2, -0.15) is 0 Å². The van der Waals surface area contributed by atoms with Crippen molar-refractivity contribution in [2.45, 2.75) is 125 Å². The number of aliphatic hydroxyl groups excluding tert-OH is 1. The Balaban J connectivity index is 1.50. The fraction of sp³-hybridized carbons (Fsp3) is 0.935. The molecule has 4 saturated carbocycles. The van der Waals surface area contributed by atoms with Crippen molar-refractivity contribution in [3.8, 4) is 0 Å². The second kappa shape index (κ2) is 7.58. The highest BCUT2D eigenvalue weighted by Gasteiger charge is 2.62. The van der Waals surface area contributed by atoms with Crippen LogP contribution in [0.2, 0.25) is 0 Å². The molecule has 33 heavy (non-hydrogen) atoms. The van der Waals surface area contributed by atoms with E-state index < -0.39 is 0 Å². The Bertz CT molecular complexity index is 810. The minimum Gasteiger partial charge on any atom is -0.393 e. The van der Waals surface area contributed by atoms with E-state index in [0.717, 1.165) is 24.2 Å². The first-order valence-corrected chi connectivity index (χ1v) is 14.2. The topological polar surface area (TPSA) is 29.5 Å². The molecule has 9 atom stereocenters. The maximum absolute atomic E-state index is 10.9. The molecule has 0 heterocycles. The van der Waals surface area contributed by atoms with E-state index in [0.29, 0.717) is 28.3 Å². The standard InChI is InChI=1S/C31H52O2/c1-27(2)22-11-9-20-19-29(5)16-13-23-28(3,4)26(33-8)15-18-31(23,7)24(29)12-10-21(20)30(22,6)17-14-25(27)32/h19,21-26,32H,9-18H2,1-8H3/t21-,22-,23-,24-,25+,26+,29-,30+,31-/m0/s1. The number of hydrogen-bond acceptors (Lipinski definition) is 2. The average molecular weight is 457 g/mol. The normalized spacial score (nSPS) is 52.9. The van der Waals surface area contributed by atoms with Crippen LogP contribution in [-0.4, -0.2) is 24.4 Å². The van der Waals surface area contributed by atoms with Crippen molar-refractivity contribution in [2.24, 2.45) is 50.7 Å². The summed E-state index contributed by atoms with van der Waals surface area (Å²) in [5, 5.41) is 10.9. The molecule has 0 aromatic heterocycles. The van der Waals surface area contributed by atoms with Crippen LogP contribution in [0.25, 0.3) is 0 Å². The Labute approximate surface area is 204 Å². The molecular weight excluding hydrogens is 404 g/mol. The summed E-state index contributed by atoms with van der Waals surface area (Å²) in [6.07, 6.45) is 15.8. The molecule has 0 amide bonds. The van der Waals surface area contributed by atoms with E-state index in [1.165, 1.54) is 57.8 Å². The quantitative estimate of drug-likeness (QED) is 0.408. The highest BCUT2D eigenvalue weighted by molar-refractivity contribution is 5.26. The predicted octanol–water partition coefficient (Wildman–Crippen LogP) is 7.79. The van der Waals surface area contributed by atoms with Crippen molar-refractivity contribution in [1.29, 1.82) is 0 Å². The Morgan fingerprint density at radius 3 is 2.09 bits per heavy atom. The summed E-state index contributed by atoms with van der Waals surface area (Å²) in [4.78, 5) is 0. The van der Waals surface area contributed by atoms with Crippen LogP contribution in [0.3, 0.4) is 0 Å². The highest BCUT2D eigenvalue weighted by atomic mass is 16.5. The SMILES string of the molecule is CO[C@@H]1CC[C@]2(C)[C@H]3CC[C@H]4C(=C[C@]3(C)CC[C@H]2C1(C)C)CC[C@H]1C(C)(C)[C@H](O)CC[C@]41C. The predicted molar refractivity (Wildman–Crippen MR) is 137 cm³/mol. The van der Waals surface area contributed by atoms with Crippen molar-refractivity contribution in [3.63, 3.8) is 0 Å². The van der Waals surface area contributed by atoms with Gasteiger partial charge in [-0.25, -0.2) is 0 Å². The molecule has 4 fully saturated rings. The molecule has 0 aromatic rings. The summed E-state index contributed by atoms with van der Waals surface area (Å²) in [6, 6.07) is 0. The van der Waals surface area contributed by atoms with Gasteiger partial charge in [-0.3, -0.25) is 0 Å². The Kier molecular flexibility index (Phi) is 5.60. The molecule has 0 spiro atoms. The third-order valence-corrected chi connectivity index (χ3v) is 13.1. The first kappa shape index (κ1) is 24.4. The lowest BCUT2D eigenvalue weighted by molar-refractivity contribution is -0.171. The molecule has 5 aliphatic carbocycles. The molecule has 0 saturated heterocycles. The molecular formula is C31H52O2. The molecule has 2 heteroatoms. The zero-order valence-electron chi connectivity index (χ0n) is 23.0. The molecule has 0 aliphatic heterocycles. The molecule has 0 bridgehead atoms. The van der Waals surface area contributed by atoms with Crippen molar-refractivity contribution in [3.05, 3.63) is 11.6 Å². The highest BCUT2D eigenvalue weighted by Crippen LogP contribution is 2.69. The van der Waals surface area contributed by atoms with Gasteiger partial charge in [0, 0.05) is 7.11 Å². The van der Waals surface area contributed by atoms with Crippen LogP contribution in [-0.2, 0) is 4.74 Å². The van der Waals surface area contributed by atoms with Crippen LogP contribution in [0.4, 0.5) is 0 Å². The van der Waals surface area contributed by atoms with E-state index >= 15 is 0 Å². The molecule has 188 valence electrons. The van der Waals surface area contributed by atoms with Crippen molar-refractivity contribution < 1.29 is 9.84 Å². The fourth-order valence-electron chi connectivity index (χ4n) is 11.4. The van der Waals surface area contributed by atoms with Gasteiger partial charge in [-0.15, -0.1) is 0 Å². The second-order valence-corrected chi connectivity index (χ2v) is 15.1. The number of allylic oxidation sites excluding steroid dienone is 2. The Morgan fingerprint density at radius 1 is 0.727 bits per heavy atom. The molecule has 5 rings (SSSR count). The summed E-state index contributed by atoms with van der Waals surface area (Å²) in [6.45, 7) is 17.6. The lowest BCUT2D eigenvalue weighted by Crippen LogP contribution is -2.58. The molecule has 5 aliphatic rings. The van der Waals surface area contributed by atoms with Crippen LogP contribution >= 0.6 is 0 Å². The van der Waals surface area contributed by atoms with Crippen LogP contribution in [0, 0.1) is 50.7 Å². The van der Waals surface area contributed by atoms with E-state index in [1.807, 2.05) is 7.11 Å². The molecule has 1 N–H and O–H groups in total. The van der Waals surface area contributed by atoms with Crippen molar-refractivity contribution in [2.75, 3.05) is 7.11 Å². The van der Waals surface area contributed by atoms with Gasteiger partial charge in [0.1, 0.15) is 0 Å². The molecule has 0 unspecified atom stereocenters. The smallest absolute Gasteiger partial charge is 0.0625 e. The Morgan fingerprint density at radius 2 is 1.39 bits per heavy atom. The van der Waals surface area contributed by atoms with E-state index in [1.54, 1.807) is 5.57 Å². The van der Waals surface area contributed by atoms with Crippen LogP contribution in [0.1, 0.15) is 113 Å². The maximum Gasteiger partial charge on any atom is 0.0625 e. The summed E-state index contributed by atoms with van der Waals surface area (Å²) in [5.41, 5.74) is 3.22. The van der Waals surface area contributed by atoms with Gasteiger partial charge in [0.25, 0.3) is 0 Å². The summed E-state index contributed by atoms with van der Waals surface area (Å²) in [5.74, 6) is 2.90. The van der Waals surface area contributed by atoms with Gasteiger partial charge in [0.15, 0.2) is 0 Å². The van der Waals surface area contributed by atoms with Gasteiger partial charge in [-0.05, 0) is 115 Å². The van der Waals surface area contributed by atoms with Crippen LogP contribution < -0.4 is 0 Å². The third kappa shape index (κ3) is 3.24. The number of hydrogen-bond donors (Lipinski definition) is 1. The lowest BCUT2D eigenvalue weighted by atomic mass is 9.42. The van der Waals surface area contributed by atoms with Gasteiger partial charge in [0.2, 0.25) is 0 Å². The average Bonchev–Trinajstić information content (AvgIpc) is 2.88. The maximum atomic E-state index is 10.9. The van der Waals surface area contributed by atoms with Gasteiger partial charge >= 0.3 is 0 Å². The second-order valence-electron chi connectivity index (χ2n) is 15.1. The number of fused-ring (bicyclic) bond motifs is 6. The lowest BCUT2D eigenvalue weighted by Gasteiger charge is -2.63. The van der Waals surface area contributed by atoms with Crippen LogP contribution in [0.5, 0.6) is 0 Å². The van der Waals surface area contributed by atoms with Crippen molar-refractivity contribution >= 4 is 0 Å². The number of aliphatic hydroxyl groups is 1. The van der Waals surface area contributed by atoms with E-state index in [9.17, 15) is 5.11 Å². The zero-order chi connectivity index (χ0) is 24.0. The molecule has 0 aromatic carbocycles. The first-order chi connectivity index (χ1) is 15.3. The minimum absolute atomic E-state index is 0.0428. The summed E-state index contributed by atoms with van der Waals surface area (Å²) in [7, 11) is 1.93. The molecule has 0 radical (unpaired) electrons. The minimum atomic E-state index is -0.134. The van der Waals surface area contributed by atoms with Crippen molar-refractivity contribution in [1.82, 2.24) is 0 Å². The number of ether oxygens (including phenoxy) is 1. The third-order valence-electron chi connectivity index (χ3n) is 13.1. The largest absolute Gasteiger partial charge is 0.393 e. The van der Waals surface area contributed by atoms with Crippen LogP contribution in [0.15, 0.2) is 11.6 Å². The monoisotopic (exact) mass is 456 g/mol. The summed E-state index contributed by atoms with van der Waals surface area (Å²) >= 11 is 0. The first-order valence-electron chi connectivity index (χ1n) is 14.2. The fourth-order valence-corrected chi connectivity index (χ4v) is 11.4.